The summed E-state index contributed by atoms with van der Waals surface area (Å²) in [6.07, 6.45) is 2.30. The minimum Gasteiger partial charge on any atom is -0.447 e. The summed E-state index contributed by atoms with van der Waals surface area (Å²) in [7, 11) is 0. The summed E-state index contributed by atoms with van der Waals surface area (Å²) in [5.41, 5.74) is 1.21. The van der Waals surface area contributed by atoms with Gasteiger partial charge in [0, 0.05) is 16.7 Å². The molecule has 0 N–H and O–H groups in total. The van der Waals surface area contributed by atoms with Gasteiger partial charge in [0.15, 0.2) is 0 Å². The molecule has 4 nitrogen and oxygen atoms in total. The highest BCUT2D eigenvalue weighted by atomic mass is 35.5. The minimum atomic E-state index is -0.688. The van der Waals surface area contributed by atoms with Crippen LogP contribution in [0.3, 0.4) is 0 Å². The topological polar surface area (TPSA) is 46.6 Å². The van der Waals surface area contributed by atoms with Crippen molar-refractivity contribution >= 4 is 29.7 Å². The zero-order chi connectivity index (χ0) is 17.8. The molecule has 2 aromatic rings. The summed E-state index contributed by atoms with van der Waals surface area (Å²) in [6, 6.07) is 13.3. The molecule has 3 rings (SSSR count). The molecule has 0 bridgehead atoms. The molecule has 0 unspecified atom stereocenters. The first kappa shape index (κ1) is 17.2. The maximum absolute atomic E-state index is 13.8. The molecule has 1 aliphatic heterocycles. The van der Waals surface area contributed by atoms with E-state index in [2.05, 4.69) is 0 Å². The summed E-state index contributed by atoms with van der Waals surface area (Å²) in [4.78, 5) is 25.4. The number of hydrogen-bond acceptors (Lipinski definition) is 3. The van der Waals surface area contributed by atoms with E-state index in [9.17, 15) is 14.0 Å². The first-order chi connectivity index (χ1) is 12.0. The number of amides is 2. The molecule has 2 aromatic carbocycles. The second kappa shape index (κ2) is 7.49. The van der Waals surface area contributed by atoms with E-state index >= 15 is 0 Å². The van der Waals surface area contributed by atoms with E-state index < -0.39 is 17.8 Å². The molecule has 0 radical (unpaired) electrons. The number of imide groups is 1. The average Bonchev–Trinajstić information content (AvgIpc) is 2.95. The third kappa shape index (κ3) is 4.06. The maximum Gasteiger partial charge on any atom is 0.417 e. The Kier molecular flexibility index (Phi) is 5.14. The summed E-state index contributed by atoms with van der Waals surface area (Å²) >= 11 is 5.70. The first-order valence-electron chi connectivity index (χ1n) is 7.71. The van der Waals surface area contributed by atoms with Crippen LogP contribution in [0, 0.1) is 5.82 Å². The van der Waals surface area contributed by atoms with E-state index in [0.717, 1.165) is 22.6 Å². The van der Waals surface area contributed by atoms with Crippen LogP contribution in [0.2, 0.25) is 5.02 Å². The van der Waals surface area contributed by atoms with Gasteiger partial charge < -0.3 is 4.74 Å². The molecule has 0 saturated carbocycles. The lowest BCUT2D eigenvalue weighted by Gasteiger charge is -2.18. The number of carbonyl (C=O) groups excluding carboxylic acids is 2. The first-order valence-corrected chi connectivity index (χ1v) is 8.09. The summed E-state index contributed by atoms with van der Waals surface area (Å²) in [6.45, 7) is 0.141. The summed E-state index contributed by atoms with van der Waals surface area (Å²) < 4.78 is 18.8. The number of nitrogens with zero attached hydrogens (tertiary/aromatic N) is 1. The molecule has 0 aliphatic carbocycles. The van der Waals surface area contributed by atoms with Crippen LogP contribution in [0.5, 0.6) is 0 Å². The Labute approximate surface area is 149 Å². The van der Waals surface area contributed by atoms with Crippen molar-refractivity contribution < 1.29 is 18.7 Å². The Hall–Kier alpha value is -2.66. The Morgan fingerprint density at radius 2 is 2.04 bits per heavy atom. The fourth-order valence-electron chi connectivity index (χ4n) is 2.64. The van der Waals surface area contributed by atoms with Crippen LogP contribution in [0.25, 0.3) is 6.08 Å². The van der Waals surface area contributed by atoms with Crippen molar-refractivity contribution in [1.29, 1.82) is 0 Å². The van der Waals surface area contributed by atoms with E-state index in [1.165, 1.54) is 18.2 Å². The van der Waals surface area contributed by atoms with Gasteiger partial charge in [-0.1, -0.05) is 48.0 Å². The Balaban J connectivity index is 1.74. The Morgan fingerprint density at radius 3 is 2.76 bits per heavy atom. The number of hydrogen-bond donors (Lipinski definition) is 0. The van der Waals surface area contributed by atoms with Gasteiger partial charge in [-0.25, -0.2) is 14.1 Å². The van der Waals surface area contributed by atoms with Gasteiger partial charge in [0.05, 0.1) is 6.04 Å². The normalized spacial score (nSPS) is 17.1. The average molecular weight is 360 g/mol. The van der Waals surface area contributed by atoms with Crippen molar-refractivity contribution in [2.24, 2.45) is 0 Å². The van der Waals surface area contributed by atoms with E-state index in [0.29, 0.717) is 6.42 Å². The number of ether oxygens (including phenoxy) is 1. The number of rotatable bonds is 4. The van der Waals surface area contributed by atoms with Crippen LogP contribution >= 0.6 is 11.6 Å². The summed E-state index contributed by atoms with van der Waals surface area (Å²) in [5, 5.41) is 0.270. The lowest BCUT2D eigenvalue weighted by molar-refractivity contribution is -0.124. The minimum absolute atomic E-state index is 0.141. The molecule has 2 amide bonds. The maximum atomic E-state index is 13.8. The molecule has 1 atom stereocenters. The van der Waals surface area contributed by atoms with Gasteiger partial charge in [0.25, 0.3) is 5.91 Å². The van der Waals surface area contributed by atoms with Crippen LogP contribution in [0.4, 0.5) is 9.18 Å². The molecule has 1 fully saturated rings. The second-order valence-electron chi connectivity index (χ2n) is 5.63. The fourth-order valence-corrected chi connectivity index (χ4v) is 2.80. The van der Waals surface area contributed by atoms with Gasteiger partial charge in [0.2, 0.25) is 0 Å². The van der Waals surface area contributed by atoms with Crippen molar-refractivity contribution in [1.82, 2.24) is 4.90 Å². The Morgan fingerprint density at radius 1 is 1.28 bits per heavy atom. The molecule has 1 aliphatic rings. The predicted octanol–water partition coefficient (Wildman–Crippen LogP) is 4.08. The third-order valence-corrected chi connectivity index (χ3v) is 4.12. The van der Waals surface area contributed by atoms with Crippen molar-refractivity contribution in [3.05, 3.63) is 76.6 Å². The standard InChI is InChI=1S/C19H15ClFNO3/c20-15-8-6-14(17(21)11-15)7-9-18(23)22-16(12-25-19(22)24)10-13-4-2-1-3-5-13/h1-9,11,16H,10,12H2/b9-7+/t16-/m0/s1. The van der Waals surface area contributed by atoms with Crippen LogP contribution in [0.15, 0.2) is 54.6 Å². The molecule has 6 heteroatoms. The highest BCUT2D eigenvalue weighted by molar-refractivity contribution is 6.30. The van der Waals surface area contributed by atoms with Gasteiger partial charge in [0.1, 0.15) is 12.4 Å². The smallest absolute Gasteiger partial charge is 0.417 e. The molecule has 1 heterocycles. The van der Waals surface area contributed by atoms with Crippen molar-refractivity contribution in [2.45, 2.75) is 12.5 Å². The van der Waals surface area contributed by atoms with Gasteiger partial charge in [-0.15, -0.1) is 0 Å². The van der Waals surface area contributed by atoms with Crippen molar-refractivity contribution in [2.75, 3.05) is 6.61 Å². The van der Waals surface area contributed by atoms with Crippen molar-refractivity contribution in [3.63, 3.8) is 0 Å². The van der Waals surface area contributed by atoms with Crippen molar-refractivity contribution in [3.8, 4) is 0 Å². The summed E-state index contributed by atoms with van der Waals surface area (Å²) in [5.74, 6) is -1.08. The molecular weight excluding hydrogens is 345 g/mol. The highest BCUT2D eigenvalue weighted by Gasteiger charge is 2.36. The van der Waals surface area contributed by atoms with Gasteiger partial charge >= 0.3 is 6.09 Å². The van der Waals surface area contributed by atoms with Crippen LogP contribution in [0.1, 0.15) is 11.1 Å². The van der Waals surface area contributed by atoms with E-state index in [-0.39, 0.29) is 23.2 Å². The largest absolute Gasteiger partial charge is 0.447 e. The Bertz CT molecular complexity index is 823. The van der Waals surface area contributed by atoms with Crippen LogP contribution in [-0.4, -0.2) is 29.5 Å². The number of benzene rings is 2. The monoisotopic (exact) mass is 359 g/mol. The van der Waals surface area contributed by atoms with Gasteiger partial charge in [-0.3, -0.25) is 4.79 Å². The zero-order valence-electron chi connectivity index (χ0n) is 13.2. The van der Waals surface area contributed by atoms with Gasteiger partial charge in [-0.2, -0.15) is 0 Å². The molecule has 0 spiro atoms. The van der Waals surface area contributed by atoms with Crippen LogP contribution in [-0.2, 0) is 16.0 Å². The van der Waals surface area contributed by atoms with E-state index in [4.69, 9.17) is 16.3 Å². The van der Waals surface area contributed by atoms with Gasteiger partial charge in [-0.05, 0) is 30.2 Å². The fraction of sp³-hybridized carbons (Fsp3) is 0.158. The van der Waals surface area contributed by atoms with E-state index in [1.54, 1.807) is 0 Å². The molecular formula is C19H15ClFNO3. The number of halogens is 2. The lowest BCUT2D eigenvalue weighted by atomic mass is 10.1. The SMILES string of the molecule is O=C(/C=C/c1ccc(Cl)cc1F)N1C(=O)OC[C@@H]1Cc1ccccc1. The molecule has 25 heavy (non-hydrogen) atoms. The quantitative estimate of drug-likeness (QED) is 0.773. The lowest BCUT2D eigenvalue weighted by Crippen LogP contribution is -2.39. The van der Waals surface area contributed by atoms with Crippen LogP contribution < -0.4 is 0 Å². The predicted molar refractivity (Wildman–Crippen MR) is 92.6 cm³/mol. The number of cyclic esters (lactones) is 1. The second-order valence-corrected chi connectivity index (χ2v) is 6.06. The molecule has 128 valence electrons. The molecule has 1 saturated heterocycles. The third-order valence-electron chi connectivity index (χ3n) is 3.88. The van der Waals surface area contributed by atoms with E-state index in [1.807, 2.05) is 30.3 Å². The highest BCUT2D eigenvalue weighted by Crippen LogP contribution is 2.19. The molecule has 0 aromatic heterocycles. The zero-order valence-corrected chi connectivity index (χ0v) is 13.9. The number of carbonyl (C=O) groups is 2.